The third kappa shape index (κ3) is 7.98. The standard InChI is InChI=1S/C27H37ClN2O2/c1-5-7-18-29-27(32)25(6-2)30(19-22-10-15-24(28)16-11-22)26(31)17-12-21-8-13-23(14-9-21)20(3)4/h8-11,13-16,20,25H,5-7,12,17-19H2,1-4H3,(H,29,32)/t25-/m1/s1. The molecule has 0 bridgehead atoms. The lowest BCUT2D eigenvalue weighted by Gasteiger charge is -2.31. The molecule has 4 nitrogen and oxygen atoms in total. The Kier molecular flexibility index (Phi) is 10.8. The third-order valence-electron chi connectivity index (χ3n) is 5.76. The summed E-state index contributed by atoms with van der Waals surface area (Å²) < 4.78 is 0. The van der Waals surface area contributed by atoms with Gasteiger partial charge in [0.05, 0.1) is 0 Å². The van der Waals surface area contributed by atoms with Crippen LogP contribution in [0.15, 0.2) is 48.5 Å². The predicted octanol–water partition coefficient (Wildman–Crippen LogP) is 6.12. The summed E-state index contributed by atoms with van der Waals surface area (Å²) in [6, 6.07) is 15.4. The lowest BCUT2D eigenvalue weighted by Crippen LogP contribution is -2.49. The number of nitrogens with one attached hydrogen (secondary N) is 1. The minimum atomic E-state index is -0.488. The van der Waals surface area contributed by atoms with E-state index in [1.807, 2.05) is 31.2 Å². The average molecular weight is 457 g/mol. The molecule has 174 valence electrons. The molecule has 0 aromatic heterocycles. The summed E-state index contributed by atoms with van der Waals surface area (Å²) in [6.07, 6.45) is 3.54. The van der Waals surface area contributed by atoms with Crippen molar-refractivity contribution in [3.63, 3.8) is 0 Å². The highest BCUT2D eigenvalue weighted by Crippen LogP contribution is 2.19. The molecule has 0 fully saturated rings. The van der Waals surface area contributed by atoms with E-state index in [-0.39, 0.29) is 11.8 Å². The summed E-state index contributed by atoms with van der Waals surface area (Å²) in [6.45, 7) is 9.41. The summed E-state index contributed by atoms with van der Waals surface area (Å²) >= 11 is 6.03. The molecule has 0 saturated carbocycles. The second kappa shape index (κ2) is 13.3. The fourth-order valence-electron chi connectivity index (χ4n) is 3.68. The van der Waals surface area contributed by atoms with Crippen molar-refractivity contribution in [3.8, 4) is 0 Å². The molecule has 1 atom stereocenters. The topological polar surface area (TPSA) is 49.4 Å². The Morgan fingerprint density at radius 2 is 1.59 bits per heavy atom. The first kappa shape index (κ1) is 25.9. The minimum Gasteiger partial charge on any atom is -0.354 e. The van der Waals surface area contributed by atoms with Crippen molar-refractivity contribution in [2.24, 2.45) is 0 Å². The third-order valence-corrected chi connectivity index (χ3v) is 6.01. The molecule has 2 amide bonds. The van der Waals surface area contributed by atoms with Crippen molar-refractivity contribution in [3.05, 3.63) is 70.2 Å². The van der Waals surface area contributed by atoms with Gasteiger partial charge in [0.1, 0.15) is 6.04 Å². The summed E-state index contributed by atoms with van der Waals surface area (Å²) in [4.78, 5) is 27.9. The van der Waals surface area contributed by atoms with Gasteiger partial charge in [0, 0.05) is 24.5 Å². The first-order valence-corrected chi connectivity index (χ1v) is 12.1. The normalized spacial score (nSPS) is 11.9. The maximum Gasteiger partial charge on any atom is 0.242 e. The SMILES string of the molecule is CCCCNC(=O)[C@@H](CC)N(Cc1ccc(Cl)cc1)C(=O)CCc1ccc(C(C)C)cc1. The first-order chi connectivity index (χ1) is 15.3. The van der Waals surface area contributed by atoms with Crippen molar-refractivity contribution in [1.29, 1.82) is 0 Å². The molecular formula is C27H37ClN2O2. The molecule has 1 N–H and O–H groups in total. The largest absolute Gasteiger partial charge is 0.354 e. The summed E-state index contributed by atoms with van der Waals surface area (Å²) in [5, 5.41) is 3.66. The van der Waals surface area contributed by atoms with Crippen LogP contribution in [0.2, 0.25) is 5.02 Å². The molecule has 0 aliphatic rings. The van der Waals surface area contributed by atoms with Crippen LogP contribution in [0.3, 0.4) is 0 Å². The number of carbonyl (C=O) groups is 2. The maximum atomic E-state index is 13.3. The van der Waals surface area contributed by atoms with Gasteiger partial charge in [-0.1, -0.05) is 82.1 Å². The quantitative estimate of drug-likeness (QED) is 0.391. The van der Waals surface area contributed by atoms with Crippen LogP contribution in [-0.2, 0) is 22.6 Å². The van der Waals surface area contributed by atoms with Crippen molar-refractivity contribution in [2.45, 2.75) is 78.3 Å². The number of benzene rings is 2. The summed E-state index contributed by atoms with van der Waals surface area (Å²) in [5.41, 5.74) is 3.39. The van der Waals surface area contributed by atoms with Crippen LogP contribution in [0.4, 0.5) is 0 Å². The number of nitrogens with zero attached hydrogens (tertiary/aromatic N) is 1. The number of halogens is 1. The second-order valence-electron chi connectivity index (χ2n) is 8.61. The Bertz CT molecular complexity index is 847. The van der Waals surface area contributed by atoms with Crippen molar-refractivity contribution in [2.75, 3.05) is 6.54 Å². The van der Waals surface area contributed by atoms with Crippen LogP contribution < -0.4 is 5.32 Å². The number of rotatable bonds is 12. The number of carbonyl (C=O) groups excluding carboxylic acids is 2. The fourth-order valence-corrected chi connectivity index (χ4v) is 3.80. The van der Waals surface area contributed by atoms with E-state index in [0.29, 0.717) is 43.3 Å². The Morgan fingerprint density at radius 3 is 2.16 bits per heavy atom. The molecule has 32 heavy (non-hydrogen) atoms. The zero-order valence-electron chi connectivity index (χ0n) is 19.9. The van der Waals surface area contributed by atoms with Gasteiger partial charge in [-0.3, -0.25) is 9.59 Å². The van der Waals surface area contributed by atoms with Gasteiger partial charge in [-0.05, 0) is 54.0 Å². The summed E-state index contributed by atoms with van der Waals surface area (Å²) in [7, 11) is 0. The van der Waals surface area contributed by atoms with Gasteiger partial charge in [-0.2, -0.15) is 0 Å². The Balaban J connectivity index is 2.14. The molecule has 0 unspecified atom stereocenters. The number of hydrogen-bond donors (Lipinski definition) is 1. The van der Waals surface area contributed by atoms with E-state index >= 15 is 0 Å². The van der Waals surface area contributed by atoms with E-state index in [0.717, 1.165) is 24.0 Å². The smallest absolute Gasteiger partial charge is 0.242 e. The Morgan fingerprint density at radius 1 is 0.969 bits per heavy atom. The van der Waals surface area contributed by atoms with Crippen molar-refractivity contribution < 1.29 is 9.59 Å². The van der Waals surface area contributed by atoms with E-state index < -0.39 is 6.04 Å². The highest BCUT2D eigenvalue weighted by atomic mass is 35.5. The molecule has 0 aliphatic heterocycles. The predicted molar refractivity (Wildman–Crippen MR) is 133 cm³/mol. The van der Waals surface area contributed by atoms with Gasteiger partial charge in [0.2, 0.25) is 11.8 Å². The highest BCUT2D eigenvalue weighted by molar-refractivity contribution is 6.30. The van der Waals surface area contributed by atoms with Crippen LogP contribution >= 0.6 is 11.6 Å². The van der Waals surface area contributed by atoms with Gasteiger partial charge in [0.15, 0.2) is 0 Å². The average Bonchev–Trinajstić information content (AvgIpc) is 2.79. The molecule has 0 spiro atoms. The van der Waals surface area contributed by atoms with Crippen LogP contribution in [0.25, 0.3) is 0 Å². The van der Waals surface area contributed by atoms with Crippen molar-refractivity contribution >= 4 is 23.4 Å². The molecule has 0 aliphatic carbocycles. The molecular weight excluding hydrogens is 420 g/mol. The van der Waals surface area contributed by atoms with Crippen LogP contribution in [0.1, 0.15) is 76.0 Å². The number of unbranched alkanes of at least 4 members (excludes halogenated alkanes) is 1. The molecule has 5 heteroatoms. The lowest BCUT2D eigenvalue weighted by atomic mass is 10.00. The monoisotopic (exact) mass is 456 g/mol. The van der Waals surface area contributed by atoms with E-state index in [2.05, 4.69) is 50.4 Å². The van der Waals surface area contributed by atoms with Gasteiger partial charge in [-0.15, -0.1) is 0 Å². The van der Waals surface area contributed by atoms with Gasteiger partial charge >= 0.3 is 0 Å². The second-order valence-corrected chi connectivity index (χ2v) is 9.05. The number of aryl methyl sites for hydroxylation is 1. The number of amides is 2. The molecule has 0 saturated heterocycles. The molecule has 0 heterocycles. The zero-order valence-corrected chi connectivity index (χ0v) is 20.6. The van der Waals surface area contributed by atoms with Gasteiger partial charge < -0.3 is 10.2 Å². The van der Waals surface area contributed by atoms with Crippen LogP contribution in [0, 0.1) is 0 Å². The van der Waals surface area contributed by atoms with E-state index in [1.54, 1.807) is 4.90 Å². The lowest BCUT2D eigenvalue weighted by molar-refractivity contribution is -0.141. The molecule has 2 aromatic rings. The van der Waals surface area contributed by atoms with Gasteiger partial charge in [-0.25, -0.2) is 0 Å². The highest BCUT2D eigenvalue weighted by Gasteiger charge is 2.28. The molecule has 2 aromatic carbocycles. The van der Waals surface area contributed by atoms with E-state index in [9.17, 15) is 9.59 Å². The Labute approximate surface area is 198 Å². The molecule has 2 rings (SSSR count). The zero-order chi connectivity index (χ0) is 23.5. The van der Waals surface area contributed by atoms with Gasteiger partial charge in [0.25, 0.3) is 0 Å². The van der Waals surface area contributed by atoms with Crippen LogP contribution in [0.5, 0.6) is 0 Å². The van der Waals surface area contributed by atoms with Crippen LogP contribution in [-0.4, -0.2) is 29.3 Å². The Hall–Kier alpha value is -2.33. The van der Waals surface area contributed by atoms with Crippen molar-refractivity contribution in [1.82, 2.24) is 10.2 Å². The minimum absolute atomic E-state index is 0.00891. The molecule has 0 radical (unpaired) electrons. The fraction of sp³-hybridized carbons (Fsp3) is 0.481. The van der Waals surface area contributed by atoms with E-state index in [1.165, 1.54) is 5.56 Å². The summed E-state index contributed by atoms with van der Waals surface area (Å²) in [5.74, 6) is 0.395. The number of hydrogen-bond acceptors (Lipinski definition) is 2. The maximum absolute atomic E-state index is 13.3. The first-order valence-electron chi connectivity index (χ1n) is 11.8. The van der Waals surface area contributed by atoms with E-state index in [4.69, 9.17) is 11.6 Å².